The minimum atomic E-state index is -4.64. The van der Waals surface area contributed by atoms with Crippen molar-refractivity contribution in [3.8, 4) is 0 Å². The highest BCUT2D eigenvalue weighted by Crippen LogP contribution is 2.37. The molecule has 15 heteroatoms. The molecule has 0 fully saturated rings. The van der Waals surface area contributed by atoms with E-state index in [1.54, 1.807) is 5.43 Å². The monoisotopic (exact) mass is 326 g/mol. The maximum absolute atomic E-state index is 10.7. The minimum Gasteiger partial charge on any atom is -0.303 e. The van der Waals surface area contributed by atoms with Crippen molar-refractivity contribution in [2.45, 2.75) is 13.0 Å². The molecule has 0 rings (SSSR count). The zero-order valence-electron chi connectivity index (χ0n) is 9.65. The second-order valence-corrected chi connectivity index (χ2v) is 5.24. The molecule has 0 saturated heterocycles. The zero-order valence-corrected chi connectivity index (χ0v) is 11.4. The standard InChI is InChI=1S/C4H13N4O5P.H3O4P/c1-3(13-14(10,11)12)2-8(6)4(9)7-5;1-5(2,3)4/h3H,2,5-6H2,1H3,(H,7,9)(H2,10,11,12);(H3,1,2,3,4). The van der Waals surface area contributed by atoms with Gasteiger partial charge in [-0.3, -0.25) is 15.0 Å². The van der Waals surface area contributed by atoms with Crippen molar-refractivity contribution < 1.29 is 42.9 Å². The molecule has 116 valence electrons. The molecule has 0 saturated carbocycles. The van der Waals surface area contributed by atoms with Gasteiger partial charge in [-0.25, -0.2) is 25.6 Å². The molecule has 0 aromatic heterocycles. The number of urea groups is 1. The fraction of sp³-hybridized carbons (Fsp3) is 0.750. The Morgan fingerprint density at radius 3 is 1.95 bits per heavy atom. The molecule has 0 aliphatic rings. The summed E-state index contributed by atoms with van der Waals surface area (Å²) < 4.78 is 23.5. The van der Waals surface area contributed by atoms with Crippen LogP contribution in [-0.2, 0) is 13.7 Å². The molecule has 0 radical (unpaired) electrons. The molecule has 13 nitrogen and oxygen atoms in total. The summed E-state index contributed by atoms with van der Waals surface area (Å²) in [7, 11) is -9.20. The zero-order chi connectivity index (χ0) is 15.9. The largest absolute Gasteiger partial charge is 0.469 e. The predicted octanol–water partition coefficient (Wildman–Crippen LogP) is -2.69. The molecule has 0 aliphatic carbocycles. The summed E-state index contributed by atoms with van der Waals surface area (Å²) >= 11 is 0. The average molecular weight is 326 g/mol. The first-order valence-corrected chi connectivity index (χ1v) is 7.41. The number of rotatable bonds is 4. The van der Waals surface area contributed by atoms with Crippen LogP contribution in [0.5, 0.6) is 0 Å². The van der Waals surface area contributed by atoms with Crippen molar-refractivity contribution in [1.82, 2.24) is 10.4 Å². The van der Waals surface area contributed by atoms with Gasteiger partial charge in [0.15, 0.2) is 0 Å². The van der Waals surface area contributed by atoms with E-state index in [1.807, 2.05) is 0 Å². The van der Waals surface area contributed by atoms with Gasteiger partial charge in [0.1, 0.15) is 0 Å². The highest BCUT2D eigenvalue weighted by atomic mass is 31.2. The molecule has 1 atom stereocenters. The van der Waals surface area contributed by atoms with Crippen LogP contribution in [0, 0.1) is 0 Å². The smallest absolute Gasteiger partial charge is 0.303 e. The van der Waals surface area contributed by atoms with E-state index >= 15 is 0 Å². The van der Waals surface area contributed by atoms with Crippen LogP contribution < -0.4 is 17.1 Å². The van der Waals surface area contributed by atoms with Crippen molar-refractivity contribution in [2.24, 2.45) is 11.7 Å². The Labute approximate surface area is 107 Å². The third kappa shape index (κ3) is 19.9. The van der Waals surface area contributed by atoms with Gasteiger partial charge >= 0.3 is 21.7 Å². The highest BCUT2D eigenvalue weighted by molar-refractivity contribution is 7.46. The molecule has 0 aliphatic heterocycles. The van der Waals surface area contributed by atoms with E-state index < -0.39 is 27.8 Å². The third-order valence-corrected chi connectivity index (χ3v) is 1.79. The Hall–Kier alpha value is -0.590. The summed E-state index contributed by atoms with van der Waals surface area (Å²) in [6.07, 6.45) is -0.905. The number of hydrogen-bond donors (Lipinski definition) is 8. The van der Waals surface area contributed by atoms with E-state index in [-0.39, 0.29) is 6.54 Å². The molecule has 19 heavy (non-hydrogen) atoms. The molecule has 1 unspecified atom stereocenters. The van der Waals surface area contributed by atoms with Gasteiger partial charge in [0.05, 0.1) is 12.6 Å². The number of nitrogens with one attached hydrogen (secondary N) is 1. The van der Waals surface area contributed by atoms with Gasteiger partial charge in [-0.05, 0) is 6.92 Å². The number of amides is 2. The van der Waals surface area contributed by atoms with E-state index in [0.29, 0.717) is 5.01 Å². The van der Waals surface area contributed by atoms with Gasteiger partial charge in [-0.15, -0.1) is 0 Å². The van der Waals surface area contributed by atoms with Crippen molar-refractivity contribution in [1.29, 1.82) is 0 Å². The van der Waals surface area contributed by atoms with Crippen molar-refractivity contribution in [2.75, 3.05) is 6.54 Å². The van der Waals surface area contributed by atoms with Gasteiger partial charge in [-0.2, -0.15) is 0 Å². The average Bonchev–Trinajstić information content (AvgIpc) is 2.10. The van der Waals surface area contributed by atoms with Crippen LogP contribution in [0.4, 0.5) is 4.79 Å². The Bertz CT molecular complexity index is 357. The Morgan fingerprint density at radius 1 is 1.32 bits per heavy atom. The lowest BCUT2D eigenvalue weighted by molar-refractivity contribution is 0.112. The van der Waals surface area contributed by atoms with Crippen LogP contribution in [0.25, 0.3) is 0 Å². The van der Waals surface area contributed by atoms with Crippen LogP contribution in [-0.4, -0.2) is 48.2 Å². The van der Waals surface area contributed by atoms with Crippen LogP contribution in [0.15, 0.2) is 0 Å². The third-order valence-electron chi connectivity index (χ3n) is 1.16. The second kappa shape index (κ2) is 8.55. The van der Waals surface area contributed by atoms with Gasteiger partial charge < -0.3 is 24.5 Å². The van der Waals surface area contributed by atoms with Crippen molar-refractivity contribution in [3.05, 3.63) is 0 Å². The Morgan fingerprint density at radius 2 is 1.68 bits per heavy atom. The van der Waals surface area contributed by atoms with Crippen LogP contribution in [0.1, 0.15) is 6.92 Å². The van der Waals surface area contributed by atoms with Crippen LogP contribution in [0.2, 0.25) is 0 Å². The second-order valence-electron chi connectivity index (χ2n) is 3.02. The fourth-order valence-electron chi connectivity index (χ4n) is 0.711. The quantitative estimate of drug-likeness (QED) is 0.115. The molecule has 2 amide bonds. The van der Waals surface area contributed by atoms with Crippen molar-refractivity contribution in [3.63, 3.8) is 0 Å². The summed E-state index contributed by atoms with van der Waals surface area (Å²) in [5, 5.41) is 0.639. The van der Waals surface area contributed by atoms with E-state index in [9.17, 15) is 9.36 Å². The summed E-state index contributed by atoms with van der Waals surface area (Å²) in [5.41, 5.74) is 1.75. The van der Waals surface area contributed by atoms with Crippen molar-refractivity contribution >= 4 is 21.7 Å². The Balaban J connectivity index is 0. The van der Waals surface area contributed by atoms with Gasteiger partial charge in [0.2, 0.25) is 0 Å². The molecular formula is C4H16N4O9P2. The minimum absolute atomic E-state index is 0.200. The summed E-state index contributed by atoms with van der Waals surface area (Å²) in [6.45, 7) is 1.15. The molecule has 0 spiro atoms. The van der Waals surface area contributed by atoms with Gasteiger partial charge in [-0.1, -0.05) is 0 Å². The SMILES string of the molecule is CC(CN(N)C(=O)NN)OP(=O)(O)O.O=P(O)(O)O. The molecule has 0 bridgehead atoms. The van der Waals surface area contributed by atoms with Gasteiger partial charge in [0.25, 0.3) is 0 Å². The lowest BCUT2D eigenvalue weighted by Gasteiger charge is -2.20. The summed E-state index contributed by atoms with van der Waals surface area (Å²) in [5.74, 6) is 9.92. The lowest BCUT2D eigenvalue weighted by atomic mass is 10.4. The van der Waals surface area contributed by atoms with Crippen LogP contribution in [0.3, 0.4) is 0 Å². The normalized spacial score (nSPS) is 13.1. The topological polar surface area (TPSA) is 229 Å². The number of carbonyl (C=O) groups excluding carboxylic acids is 1. The van der Waals surface area contributed by atoms with E-state index in [0.717, 1.165) is 0 Å². The number of carbonyl (C=O) groups is 1. The number of phosphoric ester groups is 1. The Kier molecular flexibility index (Phi) is 9.33. The first kappa shape index (κ1) is 20.7. The fourth-order valence-corrected chi connectivity index (χ4v) is 1.25. The van der Waals surface area contributed by atoms with E-state index in [4.69, 9.17) is 40.7 Å². The number of nitrogens with zero attached hydrogens (tertiary/aromatic N) is 1. The molecule has 0 aromatic carbocycles. The maximum Gasteiger partial charge on any atom is 0.469 e. The number of nitrogens with two attached hydrogens (primary N) is 2. The number of hydrazine groups is 2. The number of phosphoric acid groups is 2. The molecule has 10 N–H and O–H groups in total. The predicted molar refractivity (Wildman–Crippen MR) is 60.5 cm³/mol. The highest BCUT2D eigenvalue weighted by Gasteiger charge is 2.21. The molecular weight excluding hydrogens is 310 g/mol. The first-order chi connectivity index (χ1) is 8.26. The lowest BCUT2D eigenvalue weighted by Crippen LogP contribution is -2.50. The molecule has 0 aromatic rings. The van der Waals surface area contributed by atoms with E-state index in [1.165, 1.54) is 6.92 Å². The molecule has 0 heterocycles. The summed E-state index contributed by atoms with van der Waals surface area (Å²) in [4.78, 5) is 49.1. The summed E-state index contributed by atoms with van der Waals surface area (Å²) in [6, 6.07) is -0.786. The first-order valence-electron chi connectivity index (χ1n) is 4.31. The number of hydrogen-bond acceptors (Lipinski definition) is 6. The van der Waals surface area contributed by atoms with Crippen LogP contribution >= 0.6 is 15.6 Å². The van der Waals surface area contributed by atoms with E-state index in [2.05, 4.69) is 4.52 Å². The maximum atomic E-state index is 10.7. The van der Waals surface area contributed by atoms with Gasteiger partial charge in [0, 0.05) is 0 Å².